The molecule has 0 fully saturated rings. The molecule has 2 aromatic carbocycles. The van der Waals surface area contributed by atoms with Gasteiger partial charge in [0.15, 0.2) is 0 Å². The Balaban J connectivity index is 2.20. The van der Waals surface area contributed by atoms with Crippen LogP contribution in [0.3, 0.4) is 0 Å². The first kappa shape index (κ1) is 18.4. The topological polar surface area (TPSA) is 27.7 Å². The van der Waals surface area contributed by atoms with Crippen LogP contribution in [-0.2, 0) is 11.2 Å². The first-order chi connectivity index (χ1) is 12.4. The Morgan fingerprint density at radius 2 is 1.46 bits per heavy atom. The first-order valence-corrected chi connectivity index (χ1v) is 8.96. The third-order valence-electron chi connectivity index (χ3n) is 4.71. The number of hydrogen-bond donors (Lipinski definition) is 0. The van der Waals surface area contributed by atoms with Gasteiger partial charge < -0.3 is 14.2 Å². The van der Waals surface area contributed by atoms with Crippen LogP contribution < -0.4 is 9.47 Å². The lowest BCUT2D eigenvalue weighted by Crippen LogP contribution is -2.16. The van der Waals surface area contributed by atoms with Gasteiger partial charge in [-0.1, -0.05) is 11.8 Å². The average Bonchev–Trinajstić information content (AvgIpc) is 2.59. The van der Waals surface area contributed by atoms with Gasteiger partial charge in [-0.3, -0.25) is 0 Å². The molecule has 0 spiro atoms. The molecule has 0 N–H and O–H groups in total. The van der Waals surface area contributed by atoms with Gasteiger partial charge in [-0.15, -0.1) is 0 Å². The van der Waals surface area contributed by atoms with Crippen LogP contribution >= 0.6 is 0 Å². The van der Waals surface area contributed by atoms with Crippen molar-refractivity contribution in [3.05, 3.63) is 57.6 Å². The van der Waals surface area contributed by atoms with Gasteiger partial charge >= 0.3 is 0 Å². The molecule has 1 atom stereocenters. The highest BCUT2D eigenvalue weighted by atomic mass is 16.5. The van der Waals surface area contributed by atoms with E-state index in [0.29, 0.717) is 0 Å². The molecule has 3 heteroatoms. The molecule has 0 bridgehead atoms. The monoisotopic (exact) mass is 350 g/mol. The second-order valence-electron chi connectivity index (χ2n) is 7.02. The van der Waals surface area contributed by atoms with Crippen LogP contribution in [0.4, 0.5) is 0 Å². The van der Waals surface area contributed by atoms with Crippen LogP contribution in [0.2, 0.25) is 0 Å². The van der Waals surface area contributed by atoms with Crippen molar-refractivity contribution in [3.8, 4) is 23.3 Å². The van der Waals surface area contributed by atoms with E-state index in [0.717, 1.165) is 51.3 Å². The van der Waals surface area contributed by atoms with Crippen LogP contribution in [0.1, 0.15) is 53.3 Å². The number of ether oxygens (including phenoxy) is 3. The Kier molecular flexibility index (Phi) is 5.25. The molecule has 1 aliphatic carbocycles. The maximum Gasteiger partial charge on any atom is 0.122 e. The molecule has 1 unspecified atom stereocenters. The lowest BCUT2D eigenvalue weighted by Gasteiger charge is -2.25. The largest absolute Gasteiger partial charge is 0.496 e. The summed E-state index contributed by atoms with van der Waals surface area (Å²) in [5, 5.41) is 0. The molecule has 26 heavy (non-hydrogen) atoms. The van der Waals surface area contributed by atoms with Crippen molar-refractivity contribution < 1.29 is 14.2 Å². The molecule has 0 radical (unpaired) electrons. The fourth-order valence-corrected chi connectivity index (χ4v) is 3.43. The molecule has 2 aromatic rings. The maximum atomic E-state index is 6.29. The molecular weight excluding hydrogens is 324 g/mol. The number of aryl methyl sites for hydroxylation is 2. The zero-order valence-corrected chi connectivity index (χ0v) is 16.4. The van der Waals surface area contributed by atoms with Crippen molar-refractivity contribution >= 4 is 0 Å². The summed E-state index contributed by atoms with van der Waals surface area (Å²) in [6.45, 7) is 8.21. The van der Waals surface area contributed by atoms with Gasteiger partial charge in [0.25, 0.3) is 0 Å². The van der Waals surface area contributed by atoms with Gasteiger partial charge in [0.2, 0.25) is 0 Å². The summed E-state index contributed by atoms with van der Waals surface area (Å²) in [5.41, 5.74) is 6.45. The molecule has 0 aliphatic heterocycles. The molecule has 3 nitrogen and oxygen atoms in total. The second-order valence-corrected chi connectivity index (χ2v) is 7.02. The van der Waals surface area contributed by atoms with Crippen molar-refractivity contribution in [2.75, 3.05) is 14.2 Å². The van der Waals surface area contributed by atoms with Gasteiger partial charge in [0.1, 0.15) is 11.5 Å². The Morgan fingerprint density at radius 3 is 2.08 bits per heavy atom. The van der Waals surface area contributed by atoms with E-state index >= 15 is 0 Å². The average molecular weight is 350 g/mol. The molecule has 136 valence electrons. The van der Waals surface area contributed by atoms with Crippen LogP contribution in [0, 0.1) is 25.7 Å². The van der Waals surface area contributed by atoms with Crippen molar-refractivity contribution in [2.24, 2.45) is 0 Å². The smallest absolute Gasteiger partial charge is 0.122 e. The predicted octanol–water partition coefficient (Wildman–Crippen LogP) is 4.74. The lowest BCUT2D eigenvalue weighted by atomic mass is 9.90. The van der Waals surface area contributed by atoms with E-state index in [2.05, 4.69) is 50.0 Å². The van der Waals surface area contributed by atoms with Crippen LogP contribution in [0.15, 0.2) is 24.3 Å². The molecule has 0 aromatic heterocycles. The first-order valence-electron chi connectivity index (χ1n) is 8.96. The van der Waals surface area contributed by atoms with Gasteiger partial charge in [-0.05, 0) is 68.7 Å². The quantitative estimate of drug-likeness (QED) is 0.745. The van der Waals surface area contributed by atoms with E-state index in [9.17, 15) is 0 Å². The summed E-state index contributed by atoms with van der Waals surface area (Å²) in [6, 6.07) is 8.36. The number of rotatable bonds is 4. The summed E-state index contributed by atoms with van der Waals surface area (Å²) in [7, 11) is 3.40. The minimum atomic E-state index is -0.0831. The van der Waals surface area contributed by atoms with E-state index in [1.807, 2.05) is 13.8 Å². The summed E-state index contributed by atoms with van der Waals surface area (Å²) >= 11 is 0. The van der Waals surface area contributed by atoms with Crippen LogP contribution in [0.25, 0.3) is 0 Å². The van der Waals surface area contributed by atoms with Crippen LogP contribution in [-0.4, -0.2) is 20.3 Å². The molecule has 0 amide bonds. The van der Waals surface area contributed by atoms with Crippen molar-refractivity contribution in [1.29, 1.82) is 0 Å². The highest BCUT2D eigenvalue weighted by molar-refractivity contribution is 5.57. The molecular formula is C23H26O3. The highest BCUT2D eigenvalue weighted by Crippen LogP contribution is 2.35. The van der Waals surface area contributed by atoms with E-state index in [1.54, 1.807) is 14.2 Å². The summed E-state index contributed by atoms with van der Waals surface area (Å²) in [4.78, 5) is 0. The number of hydrogen-bond acceptors (Lipinski definition) is 3. The van der Waals surface area contributed by atoms with Crippen LogP contribution in [0.5, 0.6) is 11.5 Å². The highest BCUT2D eigenvalue weighted by Gasteiger charge is 2.23. The molecule has 0 heterocycles. The zero-order valence-electron chi connectivity index (χ0n) is 16.4. The van der Waals surface area contributed by atoms with Gasteiger partial charge in [-0.25, -0.2) is 0 Å². The summed E-state index contributed by atoms with van der Waals surface area (Å²) < 4.78 is 17.3. The fraction of sp³-hybridized carbons (Fsp3) is 0.391. The van der Waals surface area contributed by atoms with E-state index < -0.39 is 0 Å². The minimum absolute atomic E-state index is 0.0831. The van der Waals surface area contributed by atoms with Crippen molar-refractivity contribution in [1.82, 2.24) is 0 Å². The predicted molar refractivity (Wildman–Crippen MR) is 104 cm³/mol. The number of fused-ring (bicyclic) bond motifs is 2. The second kappa shape index (κ2) is 7.43. The third-order valence-corrected chi connectivity index (χ3v) is 4.71. The van der Waals surface area contributed by atoms with E-state index in [4.69, 9.17) is 14.2 Å². The lowest BCUT2D eigenvalue weighted by molar-refractivity contribution is 0.00652. The van der Waals surface area contributed by atoms with Crippen molar-refractivity contribution in [2.45, 2.75) is 46.3 Å². The van der Waals surface area contributed by atoms with Gasteiger partial charge in [0.05, 0.1) is 26.4 Å². The fourth-order valence-electron chi connectivity index (χ4n) is 3.43. The van der Waals surface area contributed by atoms with E-state index in [1.165, 1.54) is 0 Å². The number of methoxy groups -OCH3 is 2. The maximum absolute atomic E-state index is 6.29. The standard InChI is InChI=1S/C23H26O3/c1-14(2)26-23-12-19-11-21(24-5)15(3)9-17(19)7-8-18-10-16(4)22(25-6)13-20(18)23/h9-11,13-14,23H,12H2,1-6H3. The normalized spacial score (nSPS) is 15.3. The Morgan fingerprint density at radius 1 is 0.885 bits per heavy atom. The molecule has 1 aliphatic rings. The Bertz CT molecular complexity index is 885. The van der Waals surface area contributed by atoms with Crippen molar-refractivity contribution in [3.63, 3.8) is 0 Å². The number of benzene rings is 2. The minimum Gasteiger partial charge on any atom is -0.496 e. The van der Waals surface area contributed by atoms with Gasteiger partial charge in [-0.2, -0.15) is 0 Å². The Hall–Kier alpha value is -2.44. The van der Waals surface area contributed by atoms with Gasteiger partial charge in [0, 0.05) is 23.1 Å². The summed E-state index contributed by atoms with van der Waals surface area (Å²) in [5.74, 6) is 8.46. The zero-order chi connectivity index (χ0) is 18.8. The third kappa shape index (κ3) is 3.57. The molecule has 0 saturated carbocycles. The Labute approximate surface area is 156 Å². The SMILES string of the molecule is COc1cc2c(cc1C)C#Cc1cc(C)c(OC)cc1C(OC(C)C)C2. The molecule has 0 saturated heterocycles. The molecule has 3 rings (SSSR count). The summed E-state index contributed by atoms with van der Waals surface area (Å²) in [6.07, 6.45) is 0.779. The van der Waals surface area contributed by atoms with E-state index in [-0.39, 0.29) is 12.2 Å².